The Balaban J connectivity index is 1.53. The lowest BCUT2D eigenvalue weighted by atomic mass is 10.3. The molecule has 23 heavy (non-hydrogen) atoms. The highest BCUT2D eigenvalue weighted by Crippen LogP contribution is 2.10. The molecule has 0 spiro atoms. The largest absolute Gasteiger partial charge is 0.338 e. The van der Waals surface area contributed by atoms with Crippen LogP contribution < -0.4 is 10.5 Å². The van der Waals surface area contributed by atoms with Crippen LogP contribution in [0.15, 0.2) is 29.2 Å². The number of aryl methyl sites for hydroxylation is 2. The first-order valence-corrected chi connectivity index (χ1v) is 7.93. The molecular weight excluding hydrogens is 292 g/mol. The molecule has 1 fully saturated rings. The highest BCUT2D eigenvalue weighted by molar-refractivity contribution is 5.30. The van der Waals surface area contributed by atoms with Gasteiger partial charge in [-0.25, -0.2) is 14.6 Å². The first kappa shape index (κ1) is 15.6. The Kier molecular flexibility index (Phi) is 4.66. The Labute approximate surface area is 135 Å². The highest BCUT2D eigenvalue weighted by atomic mass is 16.1. The molecular formula is C16H22N6O. The van der Waals surface area contributed by atoms with Crippen molar-refractivity contribution in [3.8, 4) is 0 Å². The van der Waals surface area contributed by atoms with Crippen LogP contribution in [0.25, 0.3) is 0 Å². The van der Waals surface area contributed by atoms with E-state index in [1.54, 1.807) is 23.0 Å². The van der Waals surface area contributed by atoms with Crippen molar-refractivity contribution in [2.24, 2.45) is 0 Å². The fraction of sp³-hybridized carbons (Fsp3) is 0.500. The minimum atomic E-state index is -0.0394. The molecule has 1 aliphatic heterocycles. The average Bonchev–Trinajstić information content (AvgIpc) is 2.56. The van der Waals surface area contributed by atoms with Crippen molar-refractivity contribution in [1.82, 2.24) is 24.6 Å². The number of anilines is 1. The van der Waals surface area contributed by atoms with Crippen LogP contribution >= 0.6 is 0 Å². The fourth-order valence-corrected chi connectivity index (χ4v) is 2.71. The van der Waals surface area contributed by atoms with Crippen LogP contribution in [0.4, 0.5) is 5.95 Å². The summed E-state index contributed by atoms with van der Waals surface area (Å²) >= 11 is 0. The van der Waals surface area contributed by atoms with E-state index < -0.39 is 0 Å². The van der Waals surface area contributed by atoms with Crippen LogP contribution in [-0.2, 0) is 6.54 Å². The summed E-state index contributed by atoms with van der Waals surface area (Å²) in [5.41, 5.74) is 1.82. The van der Waals surface area contributed by atoms with Crippen molar-refractivity contribution < 1.29 is 0 Å². The Hall–Kier alpha value is -2.28. The van der Waals surface area contributed by atoms with Crippen LogP contribution in [-0.4, -0.2) is 57.4 Å². The summed E-state index contributed by atoms with van der Waals surface area (Å²) in [5.74, 6) is 0.807. The monoisotopic (exact) mass is 314 g/mol. The minimum Gasteiger partial charge on any atom is -0.338 e. The summed E-state index contributed by atoms with van der Waals surface area (Å²) in [6, 6.07) is 5.24. The van der Waals surface area contributed by atoms with E-state index in [1.165, 1.54) is 0 Å². The third-order valence-electron chi connectivity index (χ3n) is 4.07. The summed E-state index contributed by atoms with van der Waals surface area (Å²) in [5, 5.41) is 4.28. The molecule has 0 amide bonds. The molecule has 1 aliphatic rings. The zero-order valence-corrected chi connectivity index (χ0v) is 13.6. The molecule has 3 heterocycles. The maximum Gasteiger partial charge on any atom is 0.266 e. The maximum absolute atomic E-state index is 11.8. The first-order valence-electron chi connectivity index (χ1n) is 7.93. The molecule has 0 atom stereocenters. The molecule has 0 bridgehead atoms. The van der Waals surface area contributed by atoms with E-state index in [-0.39, 0.29) is 5.56 Å². The third kappa shape index (κ3) is 3.92. The van der Waals surface area contributed by atoms with Crippen LogP contribution in [0.1, 0.15) is 11.4 Å². The summed E-state index contributed by atoms with van der Waals surface area (Å²) < 4.78 is 1.55. The van der Waals surface area contributed by atoms with E-state index in [0.717, 1.165) is 50.1 Å². The van der Waals surface area contributed by atoms with Gasteiger partial charge in [0.2, 0.25) is 5.95 Å². The van der Waals surface area contributed by atoms with E-state index in [1.807, 2.05) is 19.9 Å². The van der Waals surface area contributed by atoms with Gasteiger partial charge in [0.1, 0.15) is 0 Å². The van der Waals surface area contributed by atoms with Crippen LogP contribution in [0.5, 0.6) is 0 Å². The van der Waals surface area contributed by atoms with E-state index in [9.17, 15) is 4.79 Å². The lowest BCUT2D eigenvalue weighted by molar-refractivity contribution is 0.241. The van der Waals surface area contributed by atoms with Gasteiger partial charge in [-0.1, -0.05) is 0 Å². The van der Waals surface area contributed by atoms with Crippen molar-refractivity contribution in [2.45, 2.75) is 20.4 Å². The quantitative estimate of drug-likeness (QED) is 0.817. The fourth-order valence-electron chi connectivity index (χ4n) is 2.71. The van der Waals surface area contributed by atoms with Gasteiger partial charge in [-0.05, 0) is 26.0 Å². The topological polar surface area (TPSA) is 67.2 Å². The van der Waals surface area contributed by atoms with Crippen molar-refractivity contribution >= 4 is 5.95 Å². The summed E-state index contributed by atoms with van der Waals surface area (Å²) in [7, 11) is 0. The van der Waals surface area contributed by atoms with Crippen LogP contribution in [0, 0.1) is 13.8 Å². The molecule has 0 aliphatic carbocycles. The maximum atomic E-state index is 11.8. The second-order valence-electron chi connectivity index (χ2n) is 5.86. The van der Waals surface area contributed by atoms with E-state index >= 15 is 0 Å². The molecule has 7 nitrogen and oxygen atoms in total. The Morgan fingerprint density at radius 1 is 1.00 bits per heavy atom. The van der Waals surface area contributed by atoms with Gasteiger partial charge < -0.3 is 4.90 Å². The third-order valence-corrected chi connectivity index (χ3v) is 4.07. The van der Waals surface area contributed by atoms with Crippen LogP contribution in [0.3, 0.4) is 0 Å². The van der Waals surface area contributed by atoms with Crippen molar-refractivity contribution in [3.05, 3.63) is 46.1 Å². The van der Waals surface area contributed by atoms with Crippen molar-refractivity contribution in [1.29, 1.82) is 0 Å². The predicted molar refractivity (Wildman–Crippen MR) is 88.7 cm³/mol. The van der Waals surface area contributed by atoms with Gasteiger partial charge in [0.15, 0.2) is 0 Å². The lowest BCUT2D eigenvalue weighted by Crippen LogP contribution is -2.48. The van der Waals surface area contributed by atoms with Crippen molar-refractivity contribution in [2.75, 3.05) is 37.6 Å². The van der Waals surface area contributed by atoms with Gasteiger partial charge in [0, 0.05) is 50.7 Å². The smallest absolute Gasteiger partial charge is 0.266 e. The molecule has 0 saturated carbocycles. The summed E-state index contributed by atoms with van der Waals surface area (Å²) in [4.78, 5) is 25.2. The number of hydrogen-bond acceptors (Lipinski definition) is 6. The number of rotatable bonds is 4. The van der Waals surface area contributed by atoms with Gasteiger partial charge in [0.25, 0.3) is 5.56 Å². The Morgan fingerprint density at radius 3 is 2.52 bits per heavy atom. The number of piperazine rings is 1. The highest BCUT2D eigenvalue weighted by Gasteiger charge is 2.18. The number of hydrogen-bond donors (Lipinski definition) is 0. The van der Waals surface area contributed by atoms with Crippen LogP contribution in [0.2, 0.25) is 0 Å². The van der Waals surface area contributed by atoms with Gasteiger partial charge in [-0.2, -0.15) is 5.10 Å². The standard InChI is InChI=1S/C16H22N6O/c1-13-5-6-17-16(18-13)21-10-7-20(8-11-21)9-12-22-15(23)4-3-14(2)19-22/h3-6H,7-12H2,1-2H3. The molecule has 122 valence electrons. The first-order chi connectivity index (χ1) is 11.1. The Morgan fingerprint density at radius 2 is 1.78 bits per heavy atom. The molecule has 3 rings (SSSR count). The molecule has 0 unspecified atom stereocenters. The Bertz CT molecular complexity index is 721. The van der Waals surface area contributed by atoms with Gasteiger partial charge in [-0.3, -0.25) is 9.69 Å². The molecule has 0 radical (unpaired) electrons. The average molecular weight is 314 g/mol. The van der Waals surface area contributed by atoms with Gasteiger partial charge in [0.05, 0.1) is 12.2 Å². The van der Waals surface area contributed by atoms with E-state index in [0.29, 0.717) is 6.54 Å². The summed E-state index contributed by atoms with van der Waals surface area (Å²) in [6.45, 7) is 9.03. The molecule has 0 aromatic carbocycles. The normalized spacial score (nSPS) is 15.8. The van der Waals surface area contributed by atoms with Crippen molar-refractivity contribution in [3.63, 3.8) is 0 Å². The predicted octanol–water partition coefficient (Wildman–Crippen LogP) is 0.472. The minimum absolute atomic E-state index is 0.0394. The summed E-state index contributed by atoms with van der Waals surface area (Å²) in [6.07, 6.45) is 1.81. The zero-order valence-electron chi connectivity index (χ0n) is 13.6. The molecule has 2 aromatic heterocycles. The molecule has 7 heteroatoms. The SMILES string of the molecule is Cc1ccnc(N2CCN(CCn3nc(C)ccc3=O)CC2)n1. The lowest BCUT2D eigenvalue weighted by Gasteiger charge is -2.34. The molecule has 0 N–H and O–H groups in total. The molecule has 2 aromatic rings. The number of nitrogens with zero attached hydrogens (tertiary/aromatic N) is 6. The van der Waals surface area contributed by atoms with Gasteiger partial charge in [-0.15, -0.1) is 0 Å². The van der Waals surface area contributed by atoms with E-state index in [4.69, 9.17) is 0 Å². The number of aromatic nitrogens is 4. The zero-order chi connectivity index (χ0) is 16.2. The van der Waals surface area contributed by atoms with E-state index in [2.05, 4.69) is 24.9 Å². The molecule has 1 saturated heterocycles. The van der Waals surface area contributed by atoms with Gasteiger partial charge >= 0.3 is 0 Å². The second-order valence-corrected chi connectivity index (χ2v) is 5.86. The second kappa shape index (κ2) is 6.87.